The second-order valence-corrected chi connectivity index (χ2v) is 5.87. The van der Waals surface area contributed by atoms with Crippen LogP contribution in [0, 0.1) is 0 Å². The fourth-order valence-electron chi connectivity index (χ4n) is 3.06. The van der Waals surface area contributed by atoms with Crippen molar-refractivity contribution in [1.82, 2.24) is 20.0 Å². The summed E-state index contributed by atoms with van der Waals surface area (Å²) in [4.78, 5) is 14.1. The van der Waals surface area contributed by atoms with Crippen LogP contribution in [0.1, 0.15) is 31.7 Å². The van der Waals surface area contributed by atoms with Crippen LogP contribution in [-0.4, -0.2) is 53.6 Å². The van der Waals surface area contributed by atoms with E-state index in [-0.39, 0.29) is 6.03 Å². The molecule has 6 heteroatoms. The van der Waals surface area contributed by atoms with E-state index in [4.69, 9.17) is 4.74 Å². The lowest BCUT2D eigenvalue weighted by Crippen LogP contribution is -2.45. The predicted molar refractivity (Wildman–Crippen MR) is 83.6 cm³/mol. The van der Waals surface area contributed by atoms with E-state index in [2.05, 4.69) is 16.5 Å². The van der Waals surface area contributed by atoms with E-state index in [9.17, 15) is 4.79 Å². The molecule has 2 aliphatic heterocycles. The van der Waals surface area contributed by atoms with Crippen LogP contribution in [0.5, 0.6) is 0 Å². The summed E-state index contributed by atoms with van der Waals surface area (Å²) in [5, 5.41) is 7.32. The first-order valence-corrected chi connectivity index (χ1v) is 8.10. The van der Waals surface area contributed by atoms with Gasteiger partial charge in [-0.15, -0.1) is 0 Å². The van der Waals surface area contributed by atoms with Crippen molar-refractivity contribution >= 4 is 6.03 Å². The summed E-state index contributed by atoms with van der Waals surface area (Å²) < 4.78 is 7.29. The predicted octanol–water partition coefficient (Wildman–Crippen LogP) is 1.97. The lowest BCUT2D eigenvalue weighted by atomic mass is 10.1. The molecule has 2 amide bonds. The largest absolute Gasteiger partial charge is 0.377 e. The molecule has 22 heavy (non-hydrogen) atoms. The van der Waals surface area contributed by atoms with Gasteiger partial charge in [-0.1, -0.05) is 11.6 Å². The molecular formula is C16H24N4O2. The third kappa shape index (κ3) is 3.88. The van der Waals surface area contributed by atoms with Crippen LogP contribution in [0.15, 0.2) is 30.1 Å². The molecule has 0 atom stereocenters. The third-order valence-electron chi connectivity index (χ3n) is 4.43. The number of hydrogen-bond donors (Lipinski definition) is 1. The molecule has 0 bridgehead atoms. The Bertz CT molecular complexity index is 504. The van der Waals surface area contributed by atoms with Crippen molar-refractivity contribution in [3.8, 4) is 0 Å². The summed E-state index contributed by atoms with van der Waals surface area (Å²) in [7, 11) is 0. The van der Waals surface area contributed by atoms with E-state index in [1.165, 1.54) is 5.57 Å². The van der Waals surface area contributed by atoms with E-state index < -0.39 is 0 Å². The molecule has 0 aliphatic carbocycles. The maximum Gasteiger partial charge on any atom is 0.317 e. The van der Waals surface area contributed by atoms with Gasteiger partial charge in [-0.25, -0.2) is 4.79 Å². The second-order valence-electron chi connectivity index (χ2n) is 5.87. The van der Waals surface area contributed by atoms with E-state index in [1.807, 2.05) is 28.0 Å². The van der Waals surface area contributed by atoms with Crippen LogP contribution in [0.25, 0.3) is 0 Å². The fourth-order valence-corrected chi connectivity index (χ4v) is 3.06. The summed E-state index contributed by atoms with van der Waals surface area (Å²) in [5.74, 6) is 0. The van der Waals surface area contributed by atoms with Crippen LogP contribution >= 0.6 is 0 Å². The Morgan fingerprint density at radius 3 is 2.95 bits per heavy atom. The fraction of sp³-hybridized carbons (Fsp3) is 0.625. The van der Waals surface area contributed by atoms with Gasteiger partial charge in [-0.3, -0.25) is 4.68 Å². The maximum atomic E-state index is 12.2. The van der Waals surface area contributed by atoms with Crippen LogP contribution in [0.4, 0.5) is 4.79 Å². The zero-order chi connectivity index (χ0) is 15.2. The van der Waals surface area contributed by atoms with E-state index in [0.717, 1.165) is 45.4 Å². The summed E-state index contributed by atoms with van der Waals surface area (Å²) in [5.41, 5.74) is 1.39. The van der Waals surface area contributed by atoms with Crippen LogP contribution in [-0.2, 0) is 4.74 Å². The quantitative estimate of drug-likeness (QED) is 0.865. The first-order chi connectivity index (χ1) is 10.8. The number of carbonyl (C=O) groups is 1. The molecule has 3 heterocycles. The molecule has 0 spiro atoms. The van der Waals surface area contributed by atoms with Crippen LogP contribution < -0.4 is 5.32 Å². The van der Waals surface area contributed by atoms with Crippen molar-refractivity contribution in [1.29, 1.82) is 0 Å². The number of nitrogens with zero attached hydrogens (tertiary/aromatic N) is 3. The SMILES string of the molecule is O=C(NCCC1=CCOCC1)N1CCC(n2cccn2)CC1. The smallest absolute Gasteiger partial charge is 0.317 e. The highest BCUT2D eigenvalue weighted by Crippen LogP contribution is 2.21. The minimum atomic E-state index is 0.0616. The van der Waals surface area contributed by atoms with Crippen LogP contribution in [0.2, 0.25) is 0 Å². The normalized spacial score (nSPS) is 19.8. The number of likely N-dealkylation sites (tertiary alicyclic amines) is 1. The van der Waals surface area contributed by atoms with Crippen molar-refractivity contribution in [2.24, 2.45) is 0 Å². The number of piperidine rings is 1. The number of rotatable bonds is 4. The first-order valence-electron chi connectivity index (χ1n) is 8.10. The molecule has 0 saturated carbocycles. The van der Waals surface area contributed by atoms with Crippen molar-refractivity contribution < 1.29 is 9.53 Å². The second kappa shape index (κ2) is 7.45. The number of amides is 2. The summed E-state index contributed by atoms with van der Waals surface area (Å²) in [6.07, 6.45) is 9.80. The van der Waals surface area contributed by atoms with Gasteiger partial charge in [0.2, 0.25) is 0 Å². The van der Waals surface area contributed by atoms with Crippen molar-refractivity contribution in [3.05, 3.63) is 30.1 Å². The molecule has 0 aromatic carbocycles. The number of hydrogen-bond acceptors (Lipinski definition) is 3. The molecule has 3 rings (SSSR count). The van der Waals surface area contributed by atoms with Gasteiger partial charge in [0.25, 0.3) is 0 Å². The number of aromatic nitrogens is 2. The minimum Gasteiger partial charge on any atom is -0.377 e. The van der Waals surface area contributed by atoms with Gasteiger partial charge in [-0.2, -0.15) is 5.10 Å². The highest BCUT2D eigenvalue weighted by Gasteiger charge is 2.23. The summed E-state index contributed by atoms with van der Waals surface area (Å²) in [6, 6.07) is 2.43. The first kappa shape index (κ1) is 15.1. The van der Waals surface area contributed by atoms with Gasteiger partial charge in [0.1, 0.15) is 0 Å². The monoisotopic (exact) mass is 304 g/mol. The van der Waals surface area contributed by atoms with Gasteiger partial charge in [0.05, 0.1) is 19.3 Å². The van der Waals surface area contributed by atoms with Gasteiger partial charge < -0.3 is 15.0 Å². The van der Waals surface area contributed by atoms with Gasteiger partial charge in [-0.05, 0) is 31.7 Å². The van der Waals surface area contributed by atoms with E-state index in [0.29, 0.717) is 19.2 Å². The molecule has 1 N–H and O–H groups in total. The molecular weight excluding hydrogens is 280 g/mol. The summed E-state index contributed by atoms with van der Waals surface area (Å²) in [6.45, 7) is 3.83. The Hall–Kier alpha value is -1.82. The molecule has 0 unspecified atom stereocenters. The van der Waals surface area contributed by atoms with Gasteiger partial charge in [0.15, 0.2) is 0 Å². The number of ether oxygens (including phenoxy) is 1. The van der Waals surface area contributed by atoms with Crippen LogP contribution in [0.3, 0.4) is 0 Å². The molecule has 1 fully saturated rings. The van der Waals surface area contributed by atoms with E-state index >= 15 is 0 Å². The minimum absolute atomic E-state index is 0.0616. The standard InChI is InChI=1S/C16H24N4O2/c21-16(17-8-2-14-5-12-22-13-6-14)19-10-3-15(4-11-19)20-9-1-7-18-20/h1,5,7,9,15H,2-4,6,8,10-13H2,(H,17,21). The van der Waals surface area contributed by atoms with E-state index in [1.54, 1.807) is 0 Å². The van der Waals surface area contributed by atoms with Crippen molar-refractivity contribution in [3.63, 3.8) is 0 Å². The molecule has 120 valence electrons. The Balaban J connectivity index is 1.37. The average Bonchev–Trinajstić information content (AvgIpc) is 3.10. The molecule has 1 saturated heterocycles. The molecule has 1 aromatic rings. The summed E-state index contributed by atoms with van der Waals surface area (Å²) >= 11 is 0. The van der Waals surface area contributed by atoms with Gasteiger partial charge in [0, 0.05) is 32.0 Å². The zero-order valence-corrected chi connectivity index (χ0v) is 12.9. The lowest BCUT2D eigenvalue weighted by Gasteiger charge is -2.32. The highest BCUT2D eigenvalue weighted by atomic mass is 16.5. The lowest BCUT2D eigenvalue weighted by molar-refractivity contribution is 0.153. The molecule has 6 nitrogen and oxygen atoms in total. The number of nitrogens with one attached hydrogen (secondary N) is 1. The topological polar surface area (TPSA) is 59.4 Å². The Morgan fingerprint density at radius 2 is 2.27 bits per heavy atom. The molecule has 0 radical (unpaired) electrons. The molecule has 1 aromatic heterocycles. The number of carbonyl (C=O) groups excluding carboxylic acids is 1. The Kier molecular flexibility index (Phi) is 5.11. The third-order valence-corrected chi connectivity index (χ3v) is 4.43. The Morgan fingerprint density at radius 1 is 1.41 bits per heavy atom. The molecule has 2 aliphatic rings. The van der Waals surface area contributed by atoms with Crippen molar-refractivity contribution in [2.75, 3.05) is 32.8 Å². The maximum absolute atomic E-state index is 12.2. The van der Waals surface area contributed by atoms with Crippen molar-refractivity contribution in [2.45, 2.75) is 31.7 Å². The number of urea groups is 1. The van der Waals surface area contributed by atoms with Gasteiger partial charge >= 0.3 is 6.03 Å². The highest BCUT2D eigenvalue weighted by molar-refractivity contribution is 5.74. The average molecular weight is 304 g/mol. The Labute approximate surface area is 131 Å². The zero-order valence-electron chi connectivity index (χ0n) is 12.9.